The predicted molar refractivity (Wildman–Crippen MR) is 85.7 cm³/mol. The molecule has 26 heavy (non-hydrogen) atoms. The van der Waals surface area contributed by atoms with Gasteiger partial charge in [0.05, 0.1) is 12.2 Å². The zero-order valence-electron chi connectivity index (χ0n) is 13.8. The molecule has 1 saturated heterocycles. The maximum absolute atomic E-state index is 12.3. The van der Waals surface area contributed by atoms with Gasteiger partial charge in [0.15, 0.2) is 0 Å². The molecule has 1 aromatic heterocycles. The summed E-state index contributed by atoms with van der Waals surface area (Å²) in [5.41, 5.74) is 5.84. The van der Waals surface area contributed by atoms with Crippen LogP contribution >= 0.6 is 0 Å². The Morgan fingerprint density at radius 1 is 1.31 bits per heavy atom. The van der Waals surface area contributed by atoms with Gasteiger partial charge in [0.2, 0.25) is 5.91 Å². The minimum Gasteiger partial charge on any atom is -0.406 e. The average Bonchev–Trinajstić information content (AvgIpc) is 3.03. The third-order valence-electron chi connectivity index (χ3n) is 4.14. The molecular weight excluding hydrogens is 351 g/mol. The molecule has 2 heterocycles. The van der Waals surface area contributed by atoms with Gasteiger partial charge in [-0.2, -0.15) is 5.10 Å². The molecule has 7 nitrogen and oxygen atoms in total. The maximum Gasteiger partial charge on any atom is 0.573 e. The molecule has 140 valence electrons. The van der Waals surface area contributed by atoms with Crippen molar-refractivity contribution >= 4 is 5.91 Å². The first kappa shape index (κ1) is 18.2. The number of halogens is 3. The third kappa shape index (κ3) is 4.51. The SMILES string of the molecule is NC(=O)CN1CCCC(c2ncnn2-c2ccc(OC(F)(F)F)cc2)C1. The highest BCUT2D eigenvalue weighted by molar-refractivity contribution is 5.75. The van der Waals surface area contributed by atoms with Crippen LogP contribution < -0.4 is 10.5 Å². The third-order valence-corrected chi connectivity index (χ3v) is 4.14. The molecule has 3 rings (SSSR count). The number of hydrogen-bond donors (Lipinski definition) is 1. The van der Waals surface area contributed by atoms with E-state index in [-0.39, 0.29) is 24.1 Å². The van der Waals surface area contributed by atoms with Crippen LogP contribution in [0.4, 0.5) is 13.2 Å². The molecule has 10 heteroatoms. The molecule has 0 saturated carbocycles. The van der Waals surface area contributed by atoms with E-state index in [1.54, 1.807) is 4.68 Å². The fourth-order valence-electron chi connectivity index (χ4n) is 3.15. The van der Waals surface area contributed by atoms with Crippen LogP contribution in [0, 0.1) is 0 Å². The summed E-state index contributed by atoms with van der Waals surface area (Å²) in [6.07, 6.45) is -1.55. The van der Waals surface area contributed by atoms with E-state index >= 15 is 0 Å². The van der Waals surface area contributed by atoms with Crippen molar-refractivity contribution in [1.82, 2.24) is 19.7 Å². The van der Waals surface area contributed by atoms with E-state index in [1.807, 2.05) is 4.90 Å². The Hall–Kier alpha value is -2.62. The normalized spacial score (nSPS) is 18.7. The lowest BCUT2D eigenvalue weighted by Gasteiger charge is -2.31. The summed E-state index contributed by atoms with van der Waals surface area (Å²) >= 11 is 0. The van der Waals surface area contributed by atoms with E-state index in [4.69, 9.17) is 5.73 Å². The minimum absolute atomic E-state index is 0.0525. The Kier molecular flexibility index (Phi) is 5.12. The van der Waals surface area contributed by atoms with E-state index in [1.165, 1.54) is 30.6 Å². The molecular formula is C16H18F3N5O2. The monoisotopic (exact) mass is 369 g/mol. The van der Waals surface area contributed by atoms with Crippen molar-refractivity contribution in [3.8, 4) is 11.4 Å². The summed E-state index contributed by atoms with van der Waals surface area (Å²) in [7, 11) is 0. The predicted octanol–water partition coefficient (Wildman–Crippen LogP) is 1.83. The van der Waals surface area contributed by atoms with Crippen LogP contribution in [0.2, 0.25) is 0 Å². The van der Waals surface area contributed by atoms with Gasteiger partial charge in [-0.25, -0.2) is 9.67 Å². The molecule has 1 fully saturated rings. The molecule has 1 aliphatic rings. The van der Waals surface area contributed by atoms with Crippen molar-refractivity contribution in [2.24, 2.45) is 5.73 Å². The number of alkyl halides is 3. The molecule has 2 aromatic rings. The number of primary amides is 1. The van der Waals surface area contributed by atoms with Crippen LogP contribution in [0.25, 0.3) is 5.69 Å². The van der Waals surface area contributed by atoms with E-state index in [9.17, 15) is 18.0 Å². The highest BCUT2D eigenvalue weighted by atomic mass is 19.4. The van der Waals surface area contributed by atoms with Crippen molar-refractivity contribution in [3.05, 3.63) is 36.4 Å². The second-order valence-electron chi connectivity index (χ2n) is 6.11. The van der Waals surface area contributed by atoms with Crippen LogP contribution in [0.5, 0.6) is 5.75 Å². The Bertz CT molecular complexity index is 760. The summed E-state index contributed by atoms with van der Waals surface area (Å²) < 4.78 is 42.3. The van der Waals surface area contributed by atoms with Gasteiger partial charge < -0.3 is 10.5 Å². The van der Waals surface area contributed by atoms with Crippen LogP contribution in [-0.2, 0) is 4.79 Å². The lowest BCUT2D eigenvalue weighted by atomic mass is 9.97. The fourth-order valence-corrected chi connectivity index (χ4v) is 3.15. The molecule has 1 aliphatic heterocycles. The van der Waals surface area contributed by atoms with E-state index < -0.39 is 6.36 Å². The molecule has 2 N–H and O–H groups in total. The lowest BCUT2D eigenvalue weighted by Crippen LogP contribution is -2.40. The number of nitrogens with two attached hydrogens (primary N) is 1. The van der Waals surface area contributed by atoms with Crippen molar-refractivity contribution in [3.63, 3.8) is 0 Å². The molecule has 1 unspecified atom stereocenters. The minimum atomic E-state index is -4.73. The Labute approximate surface area is 147 Å². The van der Waals surface area contributed by atoms with Gasteiger partial charge in [-0.05, 0) is 43.7 Å². The number of carbonyl (C=O) groups is 1. The highest BCUT2D eigenvalue weighted by Gasteiger charge is 2.31. The number of rotatable bonds is 5. The first-order valence-corrected chi connectivity index (χ1v) is 8.08. The second kappa shape index (κ2) is 7.32. The van der Waals surface area contributed by atoms with Crippen LogP contribution in [-0.4, -0.2) is 51.6 Å². The number of piperidine rings is 1. The Balaban J connectivity index is 1.77. The zero-order valence-corrected chi connectivity index (χ0v) is 13.8. The number of carbonyl (C=O) groups excluding carboxylic acids is 1. The maximum atomic E-state index is 12.3. The molecule has 1 aromatic carbocycles. The van der Waals surface area contributed by atoms with Crippen molar-refractivity contribution < 1.29 is 22.7 Å². The summed E-state index contributed by atoms with van der Waals surface area (Å²) in [6, 6.07) is 5.44. The van der Waals surface area contributed by atoms with Crippen LogP contribution in [0.3, 0.4) is 0 Å². The molecule has 0 spiro atoms. The number of amides is 1. The summed E-state index contributed by atoms with van der Waals surface area (Å²) in [6.45, 7) is 1.60. The van der Waals surface area contributed by atoms with Crippen molar-refractivity contribution in [2.75, 3.05) is 19.6 Å². The molecule has 0 aliphatic carbocycles. The van der Waals surface area contributed by atoms with E-state index in [0.717, 1.165) is 19.4 Å². The van der Waals surface area contributed by atoms with Gasteiger partial charge in [-0.3, -0.25) is 9.69 Å². The number of nitrogens with zero attached hydrogens (tertiary/aromatic N) is 4. The summed E-state index contributed by atoms with van der Waals surface area (Å²) in [5, 5.41) is 4.18. The highest BCUT2D eigenvalue weighted by Crippen LogP contribution is 2.28. The number of aromatic nitrogens is 3. The van der Waals surface area contributed by atoms with Crippen molar-refractivity contribution in [2.45, 2.75) is 25.1 Å². The largest absolute Gasteiger partial charge is 0.573 e. The second-order valence-corrected chi connectivity index (χ2v) is 6.11. The Morgan fingerprint density at radius 2 is 2.04 bits per heavy atom. The average molecular weight is 369 g/mol. The molecule has 1 amide bonds. The summed E-state index contributed by atoms with van der Waals surface area (Å²) in [4.78, 5) is 17.4. The molecule has 0 bridgehead atoms. The van der Waals surface area contributed by atoms with Gasteiger partial charge in [0.25, 0.3) is 0 Å². The van der Waals surface area contributed by atoms with Gasteiger partial charge in [-0.15, -0.1) is 13.2 Å². The Morgan fingerprint density at radius 3 is 2.69 bits per heavy atom. The number of benzene rings is 1. The number of likely N-dealkylation sites (tertiary alicyclic amines) is 1. The first-order chi connectivity index (χ1) is 12.3. The topological polar surface area (TPSA) is 86.3 Å². The van der Waals surface area contributed by atoms with Gasteiger partial charge in [0, 0.05) is 12.5 Å². The zero-order chi connectivity index (χ0) is 18.7. The molecule has 0 radical (unpaired) electrons. The summed E-state index contributed by atoms with van der Waals surface area (Å²) in [5.74, 6) is 0.0703. The van der Waals surface area contributed by atoms with Gasteiger partial charge in [0.1, 0.15) is 17.9 Å². The van der Waals surface area contributed by atoms with E-state index in [2.05, 4.69) is 14.8 Å². The van der Waals surface area contributed by atoms with Gasteiger partial charge >= 0.3 is 6.36 Å². The van der Waals surface area contributed by atoms with Crippen molar-refractivity contribution in [1.29, 1.82) is 0 Å². The lowest BCUT2D eigenvalue weighted by molar-refractivity contribution is -0.274. The first-order valence-electron chi connectivity index (χ1n) is 8.08. The number of hydrogen-bond acceptors (Lipinski definition) is 5. The van der Waals surface area contributed by atoms with Gasteiger partial charge in [-0.1, -0.05) is 0 Å². The quantitative estimate of drug-likeness (QED) is 0.869. The van der Waals surface area contributed by atoms with E-state index in [0.29, 0.717) is 18.1 Å². The number of ether oxygens (including phenoxy) is 1. The van der Waals surface area contributed by atoms with Crippen LogP contribution in [0.1, 0.15) is 24.6 Å². The fraction of sp³-hybridized carbons (Fsp3) is 0.438. The molecule has 1 atom stereocenters. The van der Waals surface area contributed by atoms with Crippen LogP contribution in [0.15, 0.2) is 30.6 Å². The standard InChI is InChI=1S/C16H18F3N5O2/c17-16(18,19)26-13-5-3-12(4-6-13)24-15(21-10-22-24)11-2-1-7-23(8-11)9-14(20)25/h3-6,10-11H,1-2,7-9H2,(H2,20,25). The smallest absolute Gasteiger partial charge is 0.406 e.